The highest BCUT2D eigenvalue weighted by Crippen LogP contribution is 2.21. The standard InChI is InChI=1S/C15H17ClN4OS/c16-11-2-1-3-13(8-11)19-4-6-20(7-5-19)14(21)9-12-10-22-15(17)18-12/h1-3,8,10H,4-7,9H2,(H2,17,18). The molecule has 3 rings (SSSR count). The highest BCUT2D eigenvalue weighted by atomic mass is 35.5. The van der Waals surface area contributed by atoms with Crippen molar-refractivity contribution in [3.05, 3.63) is 40.4 Å². The Morgan fingerprint density at radius 1 is 1.32 bits per heavy atom. The topological polar surface area (TPSA) is 62.5 Å². The van der Waals surface area contributed by atoms with E-state index in [4.69, 9.17) is 17.3 Å². The van der Waals surface area contributed by atoms with Crippen molar-refractivity contribution in [3.63, 3.8) is 0 Å². The molecule has 2 N–H and O–H groups in total. The summed E-state index contributed by atoms with van der Waals surface area (Å²) in [4.78, 5) is 20.6. The van der Waals surface area contributed by atoms with Crippen LogP contribution < -0.4 is 10.6 Å². The first-order valence-corrected chi connectivity index (χ1v) is 8.36. The van der Waals surface area contributed by atoms with Crippen molar-refractivity contribution in [3.8, 4) is 0 Å². The second-order valence-electron chi connectivity index (χ2n) is 5.20. The number of benzene rings is 1. The van der Waals surface area contributed by atoms with E-state index in [0.717, 1.165) is 29.5 Å². The van der Waals surface area contributed by atoms with E-state index in [0.29, 0.717) is 24.6 Å². The number of halogens is 1. The average Bonchev–Trinajstić information content (AvgIpc) is 2.92. The van der Waals surface area contributed by atoms with Crippen LogP contribution >= 0.6 is 22.9 Å². The number of hydrogen-bond acceptors (Lipinski definition) is 5. The lowest BCUT2D eigenvalue weighted by atomic mass is 10.2. The molecule has 22 heavy (non-hydrogen) atoms. The van der Waals surface area contributed by atoms with Gasteiger partial charge in [0.2, 0.25) is 5.91 Å². The van der Waals surface area contributed by atoms with E-state index < -0.39 is 0 Å². The Morgan fingerprint density at radius 3 is 2.73 bits per heavy atom. The molecule has 1 aliphatic heterocycles. The van der Waals surface area contributed by atoms with Crippen molar-refractivity contribution in [2.24, 2.45) is 0 Å². The molecule has 0 bridgehead atoms. The first kappa shape index (κ1) is 15.1. The molecule has 7 heteroatoms. The van der Waals surface area contributed by atoms with Crippen molar-refractivity contribution < 1.29 is 4.79 Å². The molecule has 1 fully saturated rings. The third-order valence-corrected chi connectivity index (χ3v) is 4.67. The van der Waals surface area contributed by atoms with Gasteiger partial charge in [-0.1, -0.05) is 17.7 Å². The lowest BCUT2D eigenvalue weighted by Gasteiger charge is -2.36. The molecule has 0 atom stereocenters. The van der Waals surface area contributed by atoms with Gasteiger partial charge in [0.1, 0.15) is 0 Å². The monoisotopic (exact) mass is 336 g/mol. The first-order chi connectivity index (χ1) is 10.6. The number of piperazine rings is 1. The fraction of sp³-hybridized carbons (Fsp3) is 0.333. The predicted octanol–water partition coefficient (Wildman–Crippen LogP) is 2.27. The van der Waals surface area contributed by atoms with Crippen LogP contribution in [0.2, 0.25) is 5.02 Å². The maximum absolute atomic E-state index is 12.3. The molecule has 5 nitrogen and oxygen atoms in total. The Kier molecular flexibility index (Phi) is 4.49. The van der Waals surface area contributed by atoms with Crippen LogP contribution in [0.3, 0.4) is 0 Å². The summed E-state index contributed by atoms with van der Waals surface area (Å²) in [6, 6.07) is 7.81. The zero-order valence-electron chi connectivity index (χ0n) is 12.0. The number of aromatic nitrogens is 1. The number of thiazole rings is 1. The van der Waals surface area contributed by atoms with Crippen LogP contribution in [0.25, 0.3) is 0 Å². The van der Waals surface area contributed by atoms with E-state index in [2.05, 4.69) is 9.88 Å². The molecular weight excluding hydrogens is 320 g/mol. The largest absolute Gasteiger partial charge is 0.375 e. The lowest BCUT2D eigenvalue weighted by Crippen LogP contribution is -2.49. The fourth-order valence-electron chi connectivity index (χ4n) is 2.56. The molecule has 116 valence electrons. The minimum atomic E-state index is 0.107. The normalized spacial score (nSPS) is 15.1. The molecule has 1 amide bonds. The van der Waals surface area contributed by atoms with E-state index in [-0.39, 0.29) is 5.91 Å². The number of carbonyl (C=O) groups is 1. The van der Waals surface area contributed by atoms with Crippen LogP contribution in [-0.2, 0) is 11.2 Å². The van der Waals surface area contributed by atoms with Crippen molar-refractivity contribution in [1.82, 2.24) is 9.88 Å². The van der Waals surface area contributed by atoms with Crippen LogP contribution in [0.4, 0.5) is 10.8 Å². The van der Waals surface area contributed by atoms with Gasteiger partial charge in [-0.2, -0.15) is 0 Å². The Bertz CT molecular complexity index is 667. The molecule has 0 saturated carbocycles. The Labute approximate surface area is 138 Å². The summed E-state index contributed by atoms with van der Waals surface area (Å²) in [5.41, 5.74) is 7.45. The summed E-state index contributed by atoms with van der Waals surface area (Å²) in [5, 5.41) is 3.08. The van der Waals surface area contributed by atoms with Gasteiger partial charge in [-0.3, -0.25) is 4.79 Å². The average molecular weight is 337 g/mol. The molecule has 0 aliphatic carbocycles. The molecule has 1 aliphatic rings. The second kappa shape index (κ2) is 6.54. The van der Waals surface area contributed by atoms with E-state index in [1.165, 1.54) is 11.3 Å². The minimum absolute atomic E-state index is 0.107. The Balaban J connectivity index is 1.56. The smallest absolute Gasteiger partial charge is 0.228 e. The van der Waals surface area contributed by atoms with Crippen molar-refractivity contribution in [1.29, 1.82) is 0 Å². The second-order valence-corrected chi connectivity index (χ2v) is 6.53. The Morgan fingerprint density at radius 2 is 2.09 bits per heavy atom. The van der Waals surface area contributed by atoms with Crippen LogP contribution in [0, 0.1) is 0 Å². The fourth-order valence-corrected chi connectivity index (χ4v) is 3.30. The molecule has 1 aromatic carbocycles. The van der Waals surface area contributed by atoms with Gasteiger partial charge in [-0.05, 0) is 18.2 Å². The van der Waals surface area contributed by atoms with Crippen LogP contribution in [0.15, 0.2) is 29.6 Å². The number of carbonyl (C=O) groups excluding carboxylic acids is 1. The maximum Gasteiger partial charge on any atom is 0.228 e. The summed E-state index contributed by atoms with van der Waals surface area (Å²) >= 11 is 7.40. The zero-order chi connectivity index (χ0) is 15.5. The number of amides is 1. The number of hydrogen-bond donors (Lipinski definition) is 1. The van der Waals surface area contributed by atoms with Gasteiger partial charge in [0.25, 0.3) is 0 Å². The lowest BCUT2D eigenvalue weighted by molar-refractivity contribution is -0.130. The van der Waals surface area contributed by atoms with E-state index in [1.54, 1.807) is 0 Å². The van der Waals surface area contributed by atoms with Crippen molar-refractivity contribution in [2.45, 2.75) is 6.42 Å². The number of nitrogens with zero attached hydrogens (tertiary/aromatic N) is 3. The van der Waals surface area contributed by atoms with E-state index in [1.807, 2.05) is 34.5 Å². The molecule has 2 aromatic rings. The molecule has 2 heterocycles. The third kappa shape index (κ3) is 3.51. The van der Waals surface area contributed by atoms with Crippen LogP contribution in [0.5, 0.6) is 0 Å². The first-order valence-electron chi connectivity index (χ1n) is 7.10. The van der Waals surface area contributed by atoms with Gasteiger partial charge in [-0.15, -0.1) is 11.3 Å². The Hall–Kier alpha value is -1.79. The number of anilines is 2. The van der Waals surface area contributed by atoms with Gasteiger partial charge in [0.05, 0.1) is 12.1 Å². The van der Waals surface area contributed by atoms with Crippen molar-refractivity contribution in [2.75, 3.05) is 36.8 Å². The SMILES string of the molecule is Nc1nc(CC(=O)N2CCN(c3cccc(Cl)c3)CC2)cs1. The zero-order valence-corrected chi connectivity index (χ0v) is 13.6. The summed E-state index contributed by atoms with van der Waals surface area (Å²) in [6.07, 6.45) is 0.324. The van der Waals surface area contributed by atoms with E-state index >= 15 is 0 Å². The summed E-state index contributed by atoms with van der Waals surface area (Å²) in [5.74, 6) is 0.107. The quantitative estimate of drug-likeness (QED) is 0.934. The molecule has 1 saturated heterocycles. The summed E-state index contributed by atoms with van der Waals surface area (Å²) in [6.45, 7) is 3.05. The van der Waals surface area contributed by atoms with Gasteiger partial charge in [0, 0.05) is 42.3 Å². The number of nitrogens with two attached hydrogens (primary N) is 1. The number of rotatable bonds is 3. The van der Waals surface area contributed by atoms with Crippen LogP contribution in [0.1, 0.15) is 5.69 Å². The highest BCUT2D eigenvalue weighted by molar-refractivity contribution is 7.13. The van der Waals surface area contributed by atoms with Crippen molar-refractivity contribution >= 4 is 39.7 Å². The molecule has 0 radical (unpaired) electrons. The van der Waals surface area contributed by atoms with Gasteiger partial charge < -0.3 is 15.5 Å². The van der Waals surface area contributed by atoms with Gasteiger partial charge in [0.15, 0.2) is 5.13 Å². The van der Waals surface area contributed by atoms with Gasteiger partial charge >= 0.3 is 0 Å². The maximum atomic E-state index is 12.3. The van der Waals surface area contributed by atoms with E-state index in [9.17, 15) is 4.79 Å². The molecular formula is C15H17ClN4OS. The molecule has 0 spiro atoms. The molecule has 0 unspecified atom stereocenters. The van der Waals surface area contributed by atoms with Crippen LogP contribution in [-0.4, -0.2) is 42.0 Å². The highest BCUT2D eigenvalue weighted by Gasteiger charge is 2.22. The third-order valence-electron chi connectivity index (χ3n) is 3.71. The summed E-state index contributed by atoms with van der Waals surface area (Å²) < 4.78 is 0. The minimum Gasteiger partial charge on any atom is -0.375 e. The molecule has 1 aromatic heterocycles. The number of nitrogen functional groups attached to an aromatic ring is 1. The summed E-state index contributed by atoms with van der Waals surface area (Å²) in [7, 11) is 0. The predicted molar refractivity (Wildman–Crippen MR) is 90.5 cm³/mol. The van der Waals surface area contributed by atoms with Gasteiger partial charge in [-0.25, -0.2) is 4.98 Å².